The molecule has 0 fully saturated rings. The van der Waals surface area contributed by atoms with Gasteiger partial charge in [-0.15, -0.1) is 0 Å². The third kappa shape index (κ3) is 3.09. The Morgan fingerprint density at radius 1 is 1.05 bits per heavy atom. The van der Waals surface area contributed by atoms with E-state index in [9.17, 15) is 4.79 Å². The maximum absolute atomic E-state index is 10.7. The Labute approximate surface area is 121 Å². The van der Waals surface area contributed by atoms with Gasteiger partial charge in [0.15, 0.2) is 6.29 Å². The lowest BCUT2D eigenvalue weighted by atomic mass is 10.1. The summed E-state index contributed by atoms with van der Waals surface area (Å²) in [5, 5.41) is 1.05. The van der Waals surface area contributed by atoms with Crippen LogP contribution in [0.4, 0.5) is 0 Å². The van der Waals surface area contributed by atoms with Gasteiger partial charge in [0, 0.05) is 16.7 Å². The fourth-order valence-corrected chi connectivity index (χ4v) is 2.39. The first-order valence-corrected chi connectivity index (χ1v) is 6.46. The number of hydrogen-bond acceptors (Lipinski definition) is 2. The standard InChI is InChI=1S/C15H12Cl2O2/c1-9-5-12(16)6-10(2)15(9)19-13-4-3-11(8-18)14(17)7-13/h3-8H,1-2H3. The topological polar surface area (TPSA) is 26.3 Å². The normalized spacial score (nSPS) is 10.3. The molecule has 0 heterocycles. The largest absolute Gasteiger partial charge is 0.457 e. The SMILES string of the molecule is Cc1cc(Cl)cc(C)c1Oc1ccc(C=O)c(Cl)c1. The van der Waals surface area contributed by atoms with Crippen LogP contribution in [-0.2, 0) is 0 Å². The molecule has 2 rings (SSSR count). The smallest absolute Gasteiger partial charge is 0.151 e. The molecule has 0 aliphatic heterocycles. The third-order valence-electron chi connectivity index (χ3n) is 2.74. The lowest BCUT2D eigenvalue weighted by Gasteiger charge is -2.12. The Balaban J connectivity index is 2.36. The molecule has 4 heteroatoms. The predicted octanol–water partition coefficient (Wildman–Crippen LogP) is 5.22. The van der Waals surface area contributed by atoms with Crippen molar-refractivity contribution >= 4 is 29.5 Å². The minimum absolute atomic E-state index is 0.372. The first kappa shape index (κ1) is 13.9. The van der Waals surface area contributed by atoms with Crippen molar-refractivity contribution in [3.05, 3.63) is 57.1 Å². The van der Waals surface area contributed by atoms with E-state index in [0.717, 1.165) is 16.9 Å². The molecule has 2 aromatic carbocycles. The van der Waals surface area contributed by atoms with Crippen LogP contribution >= 0.6 is 23.2 Å². The predicted molar refractivity (Wildman–Crippen MR) is 77.8 cm³/mol. The highest BCUT2D eigenvalue weighted by Gasteiger charge is 2.08. The summed E-state index contributed by atoms with van der Waals surface area (Å²) in [7, 11) is 0. The molecule has 0 N–H and O–H groups in total. The van der Waals surface area contributed by atoms with E-state index in [2.05, 4.69) is 0 Å². The lowest BCUT2D eigenvalue weighted by molar-refractivity contribution is 0.112. The van der Waals surface area contributed by atoms with Gasteiger partial charge in [0.25, 0.3) is 0 Å². The molecule has 0 saturated heterocycles. The number of carbonyl (C=O) groups is 1. The molecule has 0 unspecified atom stereocenters. The van der Waals surface area contributed by atoms with Crippen LogP contribution in [0.3, 0.4) is 0 Å². The van der Waals surface area contributed by atoms with Crippen LogP contribution in [0, 0.1) is 13.8 Å². The van der Waals surface area contributed by atoms with Crippen LogP contribution < -0.4 is 4.74 Å². The van der Waals surface area contributed by atoms with Crippen molar-refractivity contribution in [3.8, 4) is 11.5 Å². The van der Waals surface area contributed by atoms with Crippen molar-refractivity contribution in [2.45, 2.75) is 13.8 Å². The van der Waals surface area contributed by atoms with Gasteiger partial charge in [0.05, 0.1) is 5.02 Å². The number of halogens is 2. The highest BCUT2D eigenvalue weighted by Crippen LogP contribution is 2.32. The van der Waals surface area contributed by atoms with Gasteiger partial charge in [-0.1, -0.05) is 23.2 Å². The Kier molecular flexibility index (Phi) is 4.13. The number of benzene rings is 2. The molecular formula is C15H12Cl2O2. The lowest BCUT2D eigenvalue weighted by Crippen LogP contribution is -1.92. The van der Waals surface area contributed by atoms with E-state index < -0.39 is 0 Å². The Hall–Kier alpha value is -1.51. The van der Waals surface area contributed by atoms with Crippen LogP contribution in [0.5, 0.6) is 11.5 Å². The summed E-state index contributed by atoms with van der Waals surface area (Å²) in [5.74, 6) is 1.34. The Morgan fingerprint density at radius 2 is 1.68 bits per heavy atom. The Morgan fingerprint density at radius 3 is 2.21 bits per heavy atom. The second-order valence-electron chi connectivity index (χ2n) is 4.27. The van der Waals surface area contributed by atoms with Crippen molar-refractivity contribution in [1.29, 1.82) is 0 Å². The van der Waals surface area contributed by atoms with Crippen LogP contribution in [0.15, 0.2) is 30.3 Å². The summed E-state index contributed by atoms with van der Waals surface area (Å²) < 4.78 is 5.82. The second-order valence-corrected chi connectivity index (χ2v) is 5.12. The van der Waals surface area contributed by atoms with Crippen molar-refractivity contribution in [3.63, 3.8) is 0 Å². The quantitative estimate of drug-likeness (QED) is 0.726. The van der Waals surface area contributed by atoms with Gasteiger partial charge in [-0.3, -0.25) is 4.79 Å². The Bertz CT molecular complexity index is 613. The molecule has 19 heavy (non-hydrogen) atoms. The third-order valence-corrected chi connectivity index (χ3v) is 3.29. The molecule has 0 amide bonds. The van der Waals surface area contributed by atoms with E-state index in [1.807, 2.05) is 26.0 Å². The molecule has 0 spiro atoms. The monoisotopic (exact) mass is 294 g/mol. The van der Waals surface area contributed by atoms with Crippen LogP contribution in [-0.4, -0.2) is 6.29 Å². The number of hydrogen-bond donors (Lipinski definition) is 0. The van der Waals surface area contributed by atoms with Crippen molar-refractivity contribution < 1.29 is 9.53 Å². The van der Waals surface area contributed by atoms with Crippen LogP contribution in [0.25, 0.3) is 0 Å². The van der Waals surface area contributed by atoms with E-state index in [1.54, 1.807) is 18.2 Å². The maximum atomic E-state index is 10.7. The van der Waals surface area contributed by atoms with Gasteiger partial charge < -0.3 is 4.74 Å². The van der Waals surface area contributed by atoms with Crippen molar-refractivity contribution in [1.82, 2.24) is 0 Å². The highest BCUT2D eigenvalue weighted by atomic mass is 35.5. The van der Waals surface area contributed by atoms with E-state index in [0.29, 0.717) is 27.6 Å². The zero-order valence-corrected chi connectivity index (χ0v) is 12.0. The van der Waals surface area contributed by atoms with Crippen molar-refractivity contribution in [2.75, 3.05) is 0 Å². The van der Waals surface area contributed by atoms with E-state index in [-0.39, 0.29) is 0 Å². The van der Waals surface area contributed by atoms with E-state index in [1.165, 1.54) is 0 Å². The minimum atomic E-state index is 0.372. The molecule has 0 atom stereocenters. The van der Waals surface area contributed by atoms with E-state index in [4.69, 9.17) is 27.9 Å². The van der Waals surface area contributed by atoms with Crippen molar-refractivity contribution in [2.24, 2.45) is 0 Å². The van der Waals surface area contributed by atoms with Crippen LogP contribution in [0.1, 0.15) is 21.5 Å². The fraction of sp³-hybridized carbons (Fsp3) is 0.133. The number of ether oxygens (including phenoxy) is 1. The van der Waals surface area contributed by atoms with Gasteiger partial charge in [0.1, 0.15) is 11.5 Å². The molecule has 0 bridgehead atoms. The maximum Gasteiger partial charge on any atom is 0.151 e. The summed E-state index contributed by atoms with van der Waals surface area (Å²) >= 11 is 11.9. The molecule has 0 aliphatic carbocycles. The van der Waals surface area contributed by atoms with Gasteiger partial charge in [0.2, 0.25) is 0 Å². The average Bonchev–Trinajstić information content (AvgIpc) is 2.34. The molecule has 0 saturated carbocycles. The number of aldehydes is 1. The number of carbonyl (C=O) groups excluding carboxylic acids is 1. The fourth-order valence-electron chi connectivity index (χ4n) is 1.84. The molecule has 0 radical (unpaired) electrons. The molecular weight excluding hydrogens is 283 g/mol. The zero-order valence-electron chi connectivity index (χ0n) is 10.5. The van der Waals surface area contributed by atoms with Gasteiger partial charge in [-0.05, 0) is 49.2 Å². The summed E-state index contributed by atoms with van der Waals surface area (Å²) in [4.78, 5) is 10.7. The zero-order chi connectivity index (χ0) is 14.0. The summed E-state index contributed by atoms with van der Waals surface area (Å²) in [6.45, 7) is 3.85. The van der Waals surface area contributed by atoms with E-state index >= 15 is 0 Å². The van der Waals surface area contributed by atoms with Gasteiger partial charge >= 0.3 is 0 Å². The van der Waals surface area contributed by atoms with Gasteiger partial charge in [-0.2, -0.15) is 0 Å². The second kappa shape index (κ2) is 5.64. The summed E-state index contributed by atoms with van der Waals surface area (Å²) in [6.07, 6.45) is 0.713. The minimum Gasteiger partial charge on any atom is -0.457 e. The summed E-state index contributed by atoms with van der Waals surface area (Å²) in [5.41, 5.74) is 2.33. The first-order valence-electron chi connectivity index (χ1n) is 5.70. The van der Waals surface area contributed by atoms with Gasteiger partial charge in [-0.25, -0.2) is 0 Å². The molecule has 0 aliphatic rings. The summed E-state index contributed by atoms with van der Waals surface area (Å²) in [6, 6.07) is 8.64. The average molecular weight is 295 g/mol. The molecule has 2 aromatic rings. The molecule has 2 nitrogen and oxygen atoms in total. The van der Waals surface area contributed by atoms with Crippen LogP contribution in [0.2, 0.25) is 10.0 Å². The number of rotatable bonds is 3. The number of aryl methyl sites for hydroxylation is 2. The first-order chi connectivity index (χ1) is 9.01. The molecule has 0 aromatic heterocycles. The molecule has 98 valence electrons. The highest BCUT2D eigenvalue weighted by molar-refractivity contribution is 6.33.